The second kappa shape index (κ2) is 7.99. The highest BCUT2D eigenvalue weighted by Crippen LogP contribution is 2.21. The lowest BCUT2D eigenvalue weighted by Gasteiger charge is -2.31. The number of carbonyl (C=O) groups excluding carboxylic acids is 1. The van der Waals surface area contributed by atoms with Gasteiger partial charge in [0.2, 0.25) is 5.91 Å². The molecule has 21 heavy (non-hydrogen) atoms. The smallest absolute Gasteiger partial charge is 0.234 e. The molecule has 0 atom stereocenters. The van der Waals surface area contributed by atoms with Crippen LogP contribution in [0, 0.1) is 0 Å². The average molecular weight is 295 g/mol. The summed E-state index contributed by atoms with van der Waals surface area (Å²) in [5, 5.41) is 7.18. The van der Waals surface area contributed by atoms with Gasteiger partial charge in [-0.3, -0.25) is 14.4 Å². The number of nitrogen functional groups attached to an aromatic ring is 1. The Morgan fingerprint density at radius 1 is 1.52 bits per heavy atom. The summed E-state index contributed by atoms with van der Waals surface area (Å²) < 4.78 is 6.89. The first-order chi connectivity index (χ1) is 10.2. The number of rotatable bonds is 7. The average Bonchev–Trinajstić information content (AvgIpc) is 2.91. The highest BCUT2D eigenvalue weighted by Gasteiger charge is 2.22. The van der Waals surface area contributed by atoms with Crippen LogP contribution in [0.1, 0.15) is 25.3 Å². The maximum absolute atomic E-state index is 11.8. The molecule has 0 aromatic carbocycles. The predicted molar refractivity (Wildman–Crippen MR) is 80.9 cm³/mol. The van der Waals surface area contributed by atoms with Gasteiger partial charge in [0.1, 0.15) is 5.82 Å². The molecule has 0 unspecified atom stereocenters. The van der Waals surface area contributed by atoms with Gasteiger partial charge in [-0.15, -0.1) is 0 Å². The number of nitrogens with one attached hydrogen (secondary N) is 1. The molecular weight excluding hydrogens is 270 g/mol. The number of nitrogens with zero attached hydrogens (tertiary/aromatic N) is 3. The van der Waals surface area contributed by atoms with E-state index in [1.165, 1.54) is 0 Å². The third kappa shape index (κ3) is 5.02. The van der Waals surface area contributed by atoms with E-state index in [0.717, 1.165) is 32.4 Å². The Hall–Kier alpha value is -1.60. The van der Waals surface area contributed by atoms with Crippen molar-refractivity contribution in [1.82, 2.24) is 20.0 Å². The van der Waals surface area contributed by atoms with Crippen molar-refractivity contribution >= 4 is 11.7 Å². The fourth-order valence-corrected chi connectivity index (χ4v) is 2.60. The van der Waals surface area contributed by atoms with Crippen LogP contribution in [0.2, 0.25) is 0 Å². The van der Waals surface area contributed by atoms with Gasteiger partial charge in [0, 0.05) is 39.5 Å². The van der Waals surface area contributed by atoms with E-state index in [0.29, 0.717) is 31.6 Å². The van der Waals surface area contributed by atoms with Crippen molar-refractivity contribution in [3.8, 4) is 0 Å². The van der Waals surface area contributed by atoms with Crippen molar-refractivity contribution in [3.05, 3.63) is 12.3 Å². The summed E-state index contributed by atoms with van der Waals surface area (Å²) in [5.74, 6) is 0.653. The molecule has 1 aromatic rings. The van der Waals surface area contributed by atoms with E-state index in [4.69, 9.17) is 10.5 Å². The first-order valence-electron chi connectivity index (χ1n) is 7.47. The molecule has 0 radical (unpaired) electrons. The van der Waals surface area contributed by atoms with Crippen molar-refractivity contribution in [1.29, 1.82) is 0 Å². The van der Waals surface area contributed by atoms with Gasteiger partial charge in [0.25, 0.3) is 0 Å². The fraction of sp³-hybridized carbons (Fsp3) is 0.714. The Morgan fingerprint density at radius 2 is 2.29 bits per heavy atom. The normalized spacial score (nSPS) is 17.0. The summed E-state index contributed by atoms with van der Waals surface area (Å²) >= 11 is 0. The van der Waals surface area contributed by atoms with E-state index in [1.54, 1.807) is 7.11 Å². The number of piperidine rings is 1. The van der Waals surface area contributed by atoms with E-state index in [1.807, 2.05) is 16.9 Å². The van der Waals surface area contributed by atoms with Gasteiger partial charge >= 0.3 is 0 Å². The maximum atomic E-state index is 11.8. The molecule has 2 rings (SSSR count). The number of ether oxygens (including phenoxy) is 1. The summed E-state index contributed by atoms with van der Waals surface area (Å²) in [7, 11) is 1.67. The van der Waals surface area contributed by atoms with Crippen LogP contribution in [-0.4, -0.2) is 60.5 Å². The number of anilines is 1. The molecule has 3 N–H and O–H groups in total. The van der Waals surface area contributed by atoms with Crippen LogP contribution in [0.4, 0.5) is 5.82 Å². The number of hydrogen-bond donors (Lipinski definition) is 2. The third-order valence-corrected chi connectivity index (χ3v) is 3.77. The van der Waals surface area contributed by atoms with Gasteiger partial charge in [0.05, 0.1) is 12.6 Å². The first-order valence-corrected chi connectivity index (χ1v) is 7.47. The van der Waals surface area contributed by atoms with Gasteiger partial charge in [0.15, 0.2) is 0 Å². The number of methoxy groups -OCH3 is 1. The van der Waals surface area contributed by atoms with Crippen LogP contribution in [-0.2, 0) is 9.53 Å². The summed E-state index contributed by atoms with van der Waals surface area (Å²) in [6.45, 7) is 3.65. The molecule has 118 valence electrons. The van der Waals surface area contributed by atoms with E-state index in [-0.39, 0.29) is 5.91 Å². The Bertz CT molecular complexity index is 440. The number of aromatic nitrogens is 2. The molecule has 0 aliphatic carbocycles. The maximum Gasteiger partial charge on any atom is 0.234 e. The first kappa shape index (κ1) is 15.8. The van der Waals surface area contributed by atoms with Gasteiger partial charge < -0.3 is 15.8 Å². The highest BCUT2D eigenvalue weighted by atomic mass is 16.5. The Kier molecular flexibility index (Phi) is 6.01. The summed E-state index contributed by atoms with van der Waals surface area (Å²) in [4.78, 5) is 14.0. The molecule has 1 amide bonds. The second-order valence-corrected chi connectivity index (χ2v) is 5.42. The van der Waals surface area contributed by atoms with E-state index < -0.39 is 0 Å². The molecule has 0 bridgehead atoms. The molecule has 1 aliphatic heterocycles. The van der Waals surface area contributed by atoms with Crippen molar-refractivity contribution in [2.75, 3.05) is 45.6 Å². The Balaban J connectivity index is 1.65. The largest absolute Gasteiger partial charge is 0.385 e. The standard InChI is InChI=1S/C14H25N5O2/c1-21-10-2-6-16-14(20)11-18-7-3-12(4-8-18)19-9-5-13(15)17-19/h5,9,12H,2-4,6-8,10-11H2,1H3,(H2,15,17)(H,16,20). The Labute approximate surface area is 125 Å². The molecule has 1 aliphatic rings. The summed E-state index contributed by atoms with van der Waals surface area (Å²) in [5.41, 5.74) is 5.64. The number of carbonyl (C=O) groups is 1. The zero-order valence-electron chi connectivity index (χ0n) is 12.6. The fourth-order valence-electron chi connectivity index (χ4n) is 2.60. The van der Waals surface area contributed by atoms with Crippen LogP contribution in [0.5, 0.6) is 0 Å². The molecule has 7 nitrogen and oxygen atoms in total. The molecule has 7 heteroatoms. The lowest BCUT2D eigenvalue weighted by atomic mass is 10.1. The third-order valence-electron chi connectivity index (χ3n) is 3.77. The van der Waals surface area contributed by atoms with Crippen molar-refractivity contribution in [3.63, 3.8) is 0 Å². The number of likely N-dealkylation sites (tertiary alicyclic amines) is 1. The van der Waals surface area contributed by atoms with Crippen molar-refractivity contribution in [2.24, 2.45) is 0 Å². The van der Waals surface area contributed by atoms with E-state index in [9.17, 15) is 4.79 Å². The van der Waals surface area contributed by atoms with E-state index >= 15 is 0 Å². The molecular formula is C14H25N5O2. The van der Waals surface area contributed by atoms with E-state index in [2.05, 4.69) is 15.3 Å². The number of amides is 1. The minimum atomic E-state index is 0.0906. The van der Waals surface area contributed by atoms with Crippen LogP contribution in [0.15, 0.2) is 12.3 Å². The summed E-state index contributed by atoms with van der Waals surface area (Å²) in [6.07, 6.45) is 4.78. The second-order valence-electron chi connectivity index (χ2n) is 5.42. The van der Waals surface area contributed by atoms with Gasteiger partial charge in [-0.05, 0) is 25.3 Å². The quantitative estimate of drug-likeness (QED) is 0.705. The molecule has 2 heterocycles. The molecule has 1 aromatic heterocycles. The summed E-state index contributed by atoms with van der Waals surface area (Å²) in [6, 6.07) is 2.21. The molecule has 1 fully saturated rings. The van der Waals surface area contributed by atoms with Crippen molar-refractivity contribution in [2.45, 2.75) is 25.3 Å². The minimum absolute atomic E-state index is 0.0906. The lowest BCUT2D eigenvalue weighted by Crippen LogP contribution is -2.42. The lowest BCUT2D eigenvalue weighted by molar-refractivity contribution is -0.122. The Morgan fingerprint density at radius 3 is 2.90 bits per heavy atom. The zero-order valence-corrected chi connectivity index (χ0v) is 12.6. The van der Waals surface area contributed by atoms with Gasteiger partial charge in [-0.1, -0.05) is 0 Å². The van der Waals surface area contributed by atoms with Crippen molar-refractivity contribution < 1.29 is 9.53 Å². The van der Waals surface area contributed by atoms with Crippen LogP contribution < -0.4 is 11.1 Å². The molecule has 1 saturated heterocycles. The molecule has 0 saturated carbocycles. The predicted octanol–water partition coefficient (Wildman–Crippen LogP) is 0.255. The number of nitrogens with two attached hydrogens (primary N) is 1. The zero-order chi connectivity index (χ0) is 15.1. The van der Waals surface area contributed by atoms with Crippen LogP contribution >= 0.6 is 0 Å². The SMILES string of the molecule is COCCCNC(=O)CN1CCC(n2ccc(N)n2)CC1. The van der Waals surface area contributed by atoms with Gasteiger partial charge in [-0.2, -0.15) is 5.10 Å². The monoisotopic (exact) mass is 295 g/mol. The number of hydrogen-bond acceptors (Lipinski definition) is 5. The topological polar surface area (TPSA) is 85.4 Å². The van der Waals surface area contributed by atoms with Gasteiger partial charge in [-0.25, -0.2) is 0 Å². The van der Waals surface area contributed by atoms with Crippen LogP contribution in [0.3, 0.4) is 0 Å². The molecule has 0 spiro atoms. The van der Waals surface area contributed by atoms with Crippen LogP contribution in [0.25, 0.3) is 0 Å². The highest BCUT2D eigenvalue weighted by molar-refractivity contribution is 5.77. The minimum Gasteiger partial charge on any atom is -0.385 e.